The molecule has 13 heavy (non-hydrogen) atoms. The number of nitrogens with one attached hydrogen (secondary N) is 1. The normalized spacial score (nSPS) is 11.1. The molecule has 0 saturated carbocycles. The molecule has 0 fully saturated rings. The molecule has 0 spiro atoms. The number of rotatable bonds is 0. The summed E-state index contributed by atoms with van der Waals surface area (Å²) in [6.07, 6.45) is 3.60. The molecule has 1 heterocycles. The van der Waals surface area contributed by atoms with Crippen LogP contribution in [-0.2, 0) is 0 Å². The Morgan fingerprint density at radius 2 is 2.00 bits per heavy atom. The topological polar surface area (TPSA) is 28.7 Å². The molecule has 0 saturated heterocycles. The predicted molar refractivity (Wildman–Crippen MR) is 53.6 cm³/mol. The van der Waals surface area contributed by atoms with E-state index in [0.29, 0.717) is 0 Å². The molecule has 2 nitrogen and oxygen atoms in total. The molecular formula is C11H8N2. The van der Waals surface area contributed by atoms with E-state index in [1.54, 1.807) is 6.33 Å². The smallest absolute Gasteiger partial charge is 0.0923 e. The van der Waals surface area contributed by atoms with Crippen molar-refractivity contribution in [1.29, 1.82) is 0 Å². The number of aromatic amines is 1. The zero-order chi connectivity index (χ0) is 8.67. The van der Waals surface area contributed by atoms with Crippen LogP contribution in [0.2, 0.25) is 0 Å². The molecule has 0 atom stereocenters. The van der Waals surface area contributed by atoms with E-state index in [2.05, 4.69) is 40.3 Å². The van der Waals surface area contributed by atoms with Crippen molar-refractivity contribution in [3.63, 3.8) is 0 Å². The maximum atomic E-state index is 4.09. The molecule has 2 aromatic carbocycles. The highest BCUT2D eigenvalue weighted by Gasteiger charge is 1.99. The minimum Gasteiger partial charge on any atom is -0.346 e. The maximum absolute atomic E-state index is 4.09. The van der Waals surface area contributed by atoms with Gasteiger partial charge in [-0.15, -0.1) is 0 Å². The molecule has 3 rings (SSSR count). The van der Waals surface area contributed by atoms with Gasteiger partial charge in [0.15, 0.2) is 0 Å². The highest BCUT2D eigenvalue weighted by molar-refractivity contribution is 6.06. The summed E-state index contributed by atoms with van der Waals surface area (Å²) < 4.78 is 0. The van der Waals surface area contributed by atoms with E-state index in [1.807, 2.05) is 6.20 Å². The number of hydrogen-bond donors (Lipinski definition) is 1. The van der Waals surface area contributed by atoms with E-state index in [-0.39, 0.29) is 0 Å². The summed E-state index contributed by atoms with van der Waals surface area (Å²) in [6, 6.07) is 10.5. The van der Waals surface area contributed by atoms with Crippen molar-refractivity contribution in [2.24, 2.45) is 0 Å². The number of benzene rings is 1. The highest BCUT2D eigenvalue weighted by Crippen LogP contribution is 2.23. The second kappa shape index (κ2) is 2.33. The van der Waals surface area contributed by atoms with E-state index in [4.69, 9.17) is 0 Å². The molecule has 0 aliphatic heterocycles. The van der Waals surface area contributed by atoms with Gasteiger partial charge in [-0.25, -0.2) is 4.98 Å². The molecular weight excluding hydrogens is 160 g/mol. The SMILES string of the molecule is c1cc2ccc3[nH]cncc3c2c1. The van der Waals surface area contributed by atoms with Crippen molar-refractivity contribution in [1.82, 2.24) is 9.97 Å². The van der Waals surface area contributed by atoms with Crippen LogP contribution < -0.4 is 0 Å². The van der Waals surface area contributed by atoms with Crippen LogP contribution >= 0.6 is 0 Å². The quantitative estimate of drug-likeness (QED) is 0.549. The first-order valence-electron chi connectivity index (χ1n) is 4.25. The Kier molecular flexibility index (Phi) is 1.19. The van der Waals surface area contributed by atoms with Crippen molar-refractivity contribution in [3.8, 4) is 0 Å². The fourth-order valence-electron chi connectivity index (χ4n) is 1.72. The molecule has 1 aromatic heterocycles. The predicted octanol–water partition coefficient (Wildman–Crippen LogP) is 2.72. The van der Waals surface area contributed by atoms with E-state index in [0.717, 1.165) is 5.52 Å². The lowest BCUT2D eigenvalue weighted by molar-refractivity contribution is 1.23. The molecule has 0 amide bonds. The number of aromatic nitrogens is 2. The van der Waals surface area contributed by atoms with E-state index >= 15 is 0 Å². The third kappa shape index (κ3) is 0.855. The molecule has 3 aromatic rings. The third-order valence-corrected chi connectivity index (χ3v) is 2.36. The van der Waals surface area contributed by atoms with Gasteiger partial charge in [-0.2, -0.15) is 0 Å². The van der Waals surface area contributed by atoms with Crippen LogP contribution in [0.3, 0.4) is 0 Å². The minimum absolute atomic E-state index is 1.13. The van der Waals surface area contributed by atoms with Gasteiger partial charge in [0, 0.05) is 17.1 Å². The first-order valence-corrected chi connectivity index (χ1v) is 4.25. The Hall–Kier alpha value is -1.83. The third-order valence-electron chi connectivity index (χ3n) is 2.36. The van der Waals surface area contributed by atoms with Crippen molar-refractivity contribution >= 4 is 21.7 Å². The Labute approximate surface area is 75.2 Å². The van der Waals surface area contributed by atoms with Gasteiger partial charge in [-0.1, -0.05) is 24.3 Å². The maximum Gasteiger partial charge on any atom is 0.0923 e. The van der Waals surface area contributed by atoms with Crippen molar-refractivity contribution in [2.45, 2.75) is 0 Å². The molecule has 0 aliphatic rings. The van der Waals surface area contributed by atoms with Crippen LogP contribution in [0.1, 0.15) is 0 Å². The van der Waals surface area contributed by atoms with Crippen molar-refractivity contribution in [3.05, 3.63) is 42.9 Å². The summed E-state index contributed by atoms with van der Waals surface area (Å²) in [5, 5.41) is 3.72. The second-order valence-electron chi connectivity index (χ2n) is 3.11. The zero-order valence-corrected chi connectivity index (χ0v) is 6.99. The summed E-state index contributed by atoms with van der Waals surface area (Å²) in [7, 11) is 0. The lowest BCUT2D eigenvalue weighted by Gasteiger charge is -1.98. The lowest BCUT2D eigenvalue weighted by atomic mass is 10.1. The Morgan fingerprint density at radius 3 is 3.00 bits per heavy atom. The molecule has 0 radical (unpaired) electrons. The average Bonchev–Trinajstić information content (AvgIpc) is 2.65. The van der Waals surface area contributed by atoms with Crippen LogP contribution in [0.4, 0.5) is 0 Å². The molecule has 1 N–H and O–H groups in total. The monoisotopic (exact) mass is 168 g/mol. The van der Waals surface area contributed by atoms with Crippen LogP contribution in [0.15, 0.2) is 42.9 Å². The second-order valence-corrected chi connectivity index (χ2v) is 3.11. The number of nitrogens with zero attached hydrogens (tertiary/aromatic N) is 1. The Balaban J connectivity index is 2.65. The standard InChI is InChI=1S/C11H8N2/c1-2-8-4-5-11-10(9(8)3-1)6-12-7-13-11/h1-7H,(H,12,13). The highest BCUT2D eigenvalue weighted by atomic mass is 14.8. The molecule has 0 bridgehead atoms. The van der Waals surface area contributed by atoms with Gasteiger partial charge in [-0.3, -0.25) is 0 Å². The Bertz CT molecular complexity index is 566. The summed E-state index contributed by atoms with van der Waals surface area (Å²) in [5.74, 6) is 0. The van der Waals surface area contributed by atoms with Crippen LogP contribution in [0, 0.1) is 0 Å². The number of fused-ring (bicyclic) bond motifs is 3. The van der Waals surface area contributed by atoms with Crippen molar-refractivity contribution < 1.29 is 0 Å². The van der Waals surface area contributed by atoms with Gasteiger partial charge in [0.1, 0.15) is 0 Å². The van der Waals surface area contributed by atoms with Gasteiger partial charge >= 0.3 is 0 Å². The van der Waals surface area contributed by atoms with Crippen LogP contribution in [0.5, 0.6) is 0 Å². The fourth-order valence-corrected chi connectivity index (χ4v) is 1.72. The van der Waals surface area contributed by atoms with Gasteiger partial charge in [0.25, 0.3) is 0 Å². The largest absolute Gasteiger partial charge is 0.346 e. The summed E-state index contributed by atoms with van der Waals surface area (Å²) in [6.45, 7) is 0. The number of hydrogen-bond acceptors (Lipinski definition) is 1. The van der Waals surface area contributed by atoms with Gasteiger partial charge in [-0.05, 0) is 16.8 Å². The minimum atomic E-state index is 1.13. The summed E-state index contributed by atoms with van der Waals surface area (Å²) in [4.78, 5) is 7.21. The summed E-state index contributed by atoms with van der Waals surface area (Å²) in [5.41, 5.74) is 1.13. The first-order chi connectivity index (χ1) is 6.45. The van der Waals surface area contributed by atoms with Gasteiger partial charge < -0.3 is 4.98 Å². The van der Waals surface area contributed by atoms with E-state index in [1.165, 1.54) is 16.2 Å². The number of H-pyrrole nitrogens is 1. The fraction of sp³-hybridized carbons (Fsp3) is 0. The first kappa shape index (κ1) is 6.66. The molecule has 0 aliphatic carbocycles. The lowest BCUT2D eigenvalue weighted by Crippen LogP contribution is -1.79. The Morgan fingerprint density at radius 1 is 1.00 bits per heavy atom. The molecule has 2 heteroatoms. The zero-order valence-electron chi connectivity index (χ0n) is 6.99. The summed E-state index contributed by atoms with van der Waals surface area (Å²) >= 11 is 0. The average molecular weight is 168 g/mol. The van der Waals surface area contributed by atoms with Crippen LogP contribution in [0.25, 0.3) is 21.7 Å². The van der Waals surface area contributed by atoms with Gasteiger partial charge in [0.2, 0.25) is 0 Å². The van der Waals surface area contributed by atoms with Crippen LogP contribution in [-0.4, -0.2) is 9.97 Å². The van der Waals surface area contributed by atoms with E-state index < -0.39 is 0 Å². The molecule has 62 valence electrons. The molecule has 0 unspecified atom stereocenters. The van der Waals surface area contributed by atoms with Crippen molar-refractivity contribution in [2.75, 3.05) is 0 Å². The van der Waals surface area contributed by atoms with Gasteiger partial charge in [0.05, 0.1) is 6.33 Å². The van der Waals surface area contributed by atoms with E-state index in [9.17, 15) is 0 Å².